The summed E-state index contributed by atoms with van der Waals surface area (Å²) in [4.78, 5) is 0. The normalized spacial score (nSPS) is 12.9. The molecule has 2 heteroatoms. The van der Waals surface area contributed by atoms with Gasteiger partial charge in [-0.2, -0.15) is 0 Å². The summed E-state index contributed by atoms with van der Waals surface area (Å²) in [5.74, 6) is 0. The summed E-state index contributed by atoms with van der Waals surface area (Å²) >= 11 is 0. The van der Waals surface area contributed by atoms with Crippen LogP contribution in [0.4, 0.5) is 0 Å². The maximum Gasteiger partial charge on any atom is 0.0548 e. The third-order valence-corrected chi connectivity index (χ3v) is 7.99. The van der Waals surface area contributed by atoms with Crippen LogP contribution in [0.15, 0.2) is 127 Å². The molecule has 2 heterocycles. The highest BCUT2D eigenvalue weighted by Gasteiger charge is 2.23. The lowest BCUT2D eigenvalue weighted by atomic mass is 9.99. The minimum atomic E-state index is 1.05. The van der Waals surface area contributed by atoms with Gasteiger partial charge in [0, 0.05) is 38.8 Å². The second-order valence-electron chi connectivity index (χ2n) is 10.1. The third kappa shape index (κ3) is 3.07. The summed E-state index contributed by atoms with van der Waals surface area (Å²) in [5, 5.41) is 3.99. The van der Waals surface area contributed by atoms with Gasteiger partial charge >= 0.3 is 0 Å². The molecule has 7 aromatic rings. The van der Waals surface area contributed by atoms with Crippen LogP contribution in [-0.2, 0) is 6.42 Å². The van der Waals surface area contributed by atoms with Gasteiger partial charge in [0.25, 0.3) is 0 Å². The van der Waals surface area contributed by atoms with Crippen molar-refractivity contribution in [2.24, 2.45) is 0 Å². The van der Waals surface area contributed by atoms with Crippen molar-refractivity contribution in [3.8, 4) is 22.5 Å². The Morgan fingerprint density at radius 1 is 0.474 bits per heavy atom. The van der Waals surface area contributed by atoms with Crippen molar-refractivity contribution in [2.75, 3.05) is 0 Å². The van der Waals surface area contributed by atoms with Crippen molar-refractivity contribution in [1.29, 1.82) is 0 Å². The zero-order valence-corrected chi connectivity index (χ0v) is 21.0. The monoisotopic (exact) mass is 486 g/mol. The van der Waals surface area contributed by atoms with Crippen LogP contribution in [0.2, 0.25) is 0 Å². The quantitative estimate of drug-likeness (QED) is 0.235. The molecule has 0 fully saturated rings. The molecule has 0 atom stereocenters. The highest BCUT2D eigenvalue weighted by Crippen LogP contribution is 2.43. The average Bonchev–Trinajstić information content (AvgIpc) is 3.51. The first-order valence-electron chi connectivity index (χ1n) is 13.4. The molecule has 0 radical (unpaired) electrons. The van der Waals surface area contributed by atoms with Crippen molar-refractivity contribution in [1.82, 2.24) is 9.13 Å². The summed E-state index contributed by atoms with van der Waals surface area (Å²) in [6.45, 7) is 0. The highest BCUT2D eigenvalue weighted by atomic mass is 15.0. The number of allylic oxidation sites excluding steroid dienone is 1. The van der Waals surface area contributed by atoms with E-state index >= 15 is 0 Å². The van der Waals surface area contributed by atoms with E-state index in [0.717, 1.165) is 12.8 Å². The van der Waals surface area contributed by atoms with Gasteiger partial charge in [-0.1, -0.05) is 91.0 Å². The molecule has 0 saturated carbocycles. The lowest BCUT2D eigenvalue weighted by Gasteiger charge is -2.13. The van der Waals surface area contributed by atoms with E-state index in [2.05, 4.69) is 143 Å². The van der Waals surface area contributed by atoms with Crippen molar-refractivity contribution in [2.45, 2.75) is 12.8 Å². The number of para-hydroxylation sites is 2. The van der Waals surface area contributed by atoms with Crippen molar-refractivity contribution < 1.29 is 0 Å². The van der Waals surface area contributed by atoms with E-state index in [4.69, 9.17) is 0 Å². The molecular formula is C36H26N2. The number of aromatic nitrogens is 2. The zero-order valence-electron chi connectivity index (χ0n) is 21.0. The topological polar surface area (TPSA) is 9.86 Å². The Bertz CT molecular complexity index is 1990. The Balaban J connectivity index is 1.44. The molecule has 2 aromatic heterocycles. The van der Waals surface area contributed by atoms with Crippen LogP contribution >= 0.6 is 0 Å². The van der Waals surface area contributed by atoms with Gasteiger partial charge in [-0.15, -0.1) is 0 Å². The van der Waals surface area contributed by atoms with E-state index in [1.54, 1.807) is 0 Å². The van der Waals surface area contributed by atoms with Gasteiger partial charge in [0.1, 0.15) is 0 Å². The first-order chi connectivity index (χ1) is 18.9. The minimum Gasteiger partial charge on any atom is -0.313 e. The second kappa shape index (κ2) is 8.36. The Morgan fingerprint density at radius 2 is 1.11 bits per heavy atom. The molecule has 0 bridgehead atoms. The molecule has 1 aliphatic rings. The highest BCUT2D eigenvalue weighted by molar-refractivity contribution is 6.23. The first kappa shape index (κ1) is 21.3. The lowest BCUT2D eigenvalue weighted by Crippen LogP contribution is -2.02. The van der Waals surface area contributed by atoms with E-state index in [0.29, 0.717) is 0 Å². The summed E-state index contributed by atoms with van der Waals surface area (Å²) in [6, 6.07) is 43.9. The average molecular weight is 487 g/mol. The fourth-order valence-electron chi connectivity index (χ4n) is 6.35. The second-order valence-corrected chi connectivity index (χ2v) is 10.1. The Morgan fingerprint density at radius 3 is 1.89 bits per heavy atom. The van der Waals surface area contributed by atoms with Gasteiger partial charge in [-0.05, 0) is 66.4 Å². The number of nitrogens with zero attached hydrogens (tertiary/aromatic N) is 2. The summed E-state index contributed by atoms with van der Waals surface area (Å²) in [7, 11) is 0. The zero-order chi connectivity index (χ0) is 25.1. The number of hydrogen-bond acceptors (Lipinski definition) is 0. The van der Waals surface area contributed by atoms with Crippen LogP contribution in [0.1, 0.15) is 17.7 Å². The molecule has 0 amide bonds. The fourth-order valence-corrected chi connectivity index (χ4v) is 6.35. The number of rotatable bonds is 3. The van der Waals surface area contributed by atoms with E-state index in [1.807, 2.05) is 0 Å². The van der Waals surface area contributed by atoms with Crippen molar-refractivity contribution in [3.05, 3.63) is 139 Å². The number of benzene rings is 5. The molecule has 38 heavy (non-hydrogen) atoms. The predicted molar refractivity (Wildman–Crippen MR) is 160 cm³/mol. The molecule has 0 N–H and O–H groups in total. The predicted octanol–water partition coefficient (Wildman–Crippen LogP) is 9.35. The minimum absolute atomic E-state index is 1.05. The Labute approximate surface area is 221 Å². The largest absolute Gasteiger partial charge is 0.313 e. The molecular weight excluding hydrogens is 460 g/mol. The fraction of sp³-hybridized carbons (Fsp3) is 0.0556. The first-order valence-corrected chi connectivity index (χ1v) is 13.4. The maximum absolute atomic E-state index is 2.48. The summed E-state index contributed by atoms with van der Waals surface area (Å²) < 4.78 is 4.91. The van der Waals surface area contributed by atoms with Crippen molar-refractivity contribution in [3.63, 3.8) is 0 Å². The SMILES string of the molecule is C1=Cc2c(n(-c3ccccc3)c3ccc4c(c5ccccc5n4-c4ccc(-c5ccccc5)cc4)c23)CC1. The van der Waals surface area contributed by atoms with Gasteiger partial charge in [-0.3, -0.25) is 0 Å². The maximum atomic E-state index is 2.48. The molecule has 8 rings (SSSR count). The molecule has 0 aliphatic heterocycles. The van der Waals surface area contributed by atoms with Gasteiger partial charge in [0.2, 0.25) is 0 Å². The molecule has 2 nitrogen and oxygen atoms in total. The van der Waals surface area contributed by atoms with Gasteiger partial charge in [-0.25, -0.2) is 0 Å². The van der Waals surface area contributed by atoms with E-state index < -0.39 is 0 Å². The lowest BCUT2D eigenvalue weighted by molar-refractivity contribution is 0.888. The molecule has 5 aromatic carbocycles. The standard InChI is InChI=1S/C36H26N2/c1-3-11-25(12-4-1)26-19-21-28(22-20-26)38-32-18-10-8-16-30(32)36-34(38)24-23-33-35(36)29-15-7-9-17-31(29)37(33)27-13-5-2-6-14-27/h1-8,10-16,18-24H,9,17H2. The van der Waals surface area contributed by atoms with Gasteiger partial charge in [0.15, 0.2) is 0 Å². The third-order valence-electron chi connectivity index (χ3n) is 7.99. The number of hydrogen-bond donors (Lipinski definition) is 0. The van der Waals surface area contributed by atoms with E-state index in [-0.39, 0.29) is 0 Å². The van der Waals surface area contributed by atoms with Crippen LogP contribution in [-0.4, -0.2) is 9.13 Å². The van der Waals surface area contributed by atoms with Crippen LogP contribution < -0.4 is 0 Å². The summed E-state index contributed by atoms with van der Waals surface area (Å²) in [6.07, 6.45) is 6.81. The van der Waals surface area contributed by atoms with Crippen LogP contribution in [0, 0.1) is 0 Å². The molecule has 1 aliphatic carbocycles. The Kier molecular flexibility index (Phi) is 4.68. The molecule has 180 valence electrons. The molecule has 0 saturated heterocycles. The smallest absolute Gasteiger partial charge is 0.0548 e. The Hall–Kier alpha value is -4.82. The van der Waals surface area contributed by atoms with Gasteiger partial charge in [0.05, 0.1) is 16.6 Å². The van der Waals surface area contributed by atoms with Crippen molar-refractivity contribution >= 4 is 38.8 Å². The van der Waals surface area contributed by atoms with E-state index in [1.165, 1.54) is 66.5 Å². The number of fused-ring (bicyclic) bond motifs is 7. The van der Waals surface area contributed by atoms with Gasteiger partial charge < -0.3 is 9.13 Å². The molecule has 0 unspecified atom stereocenters. The van der Waals surface area contributed by atoms with Crippen LogP contribution in [0.25, 0.3) is 61.3 Å². The van der Waals surface area contributed by atoms with Crippen LogP contribution in [0.5, 0.6) is 0 Å². The van der Waals surface area contributed by atoms with E-state index in [9.17, 15) is 0 Å². The molecule has 0 spiro atoms. The van der Waals surface area contributed by atoms with Crippen LogP contribution in [0.3, 0.4) is 0 Å². The summed E-state index contributed by atoms with van der Waals surface area (Å²) in [5.41, 5.74) is 11.4.